The SMILES string of the molecule is NCCOCC(=O)N(Cc1ccc(Cl)c(Cl)c1)C1CC1. The van der Waals surface area contributed by atoms with Crippen LogP contribution in [0.4, 0.5) is 0 Å². The Labute approximate surface area is 128 Å². The highest BCUT2D eigenvalue weighted by atomic mass is 35.5. The molecule has 1 amide bonds. The van der Waals surface area contributed by atoms with Gasteiger partial charge in [0.25, 0.3) is 0 Å². The average molecular weight is 317 g/mol. The summed E-state index contributed by atoms with van der Waals surface area (Å²) in [6.07, 6.45) is 2.09. The number of carbonyl (C=O) groups is 1. The largest absolute Gasteiger partial charge is 0.370 e. The predicted molar refractivity (Wildman–Crippen MR) is 79.9 cm³/mol. The highest BCUT2D eigenvalue weighted by Gasteiger charge is 2.32. The van der Waals surface area contributed by atoms with Crippen LogP contribution in [0.3, 0.4) is 0 Å². The Morgan fingerprint density at radius 3 is 2.70 bits per heavy atom. The third-order valence-corrected chi connectivity index (χ3v) is 3.87. The van der Waals surface area contributed by atoms with E-state index in [-0.39, 0.29) is 12.5 Å². The van der Waals surface area contributed by atoms with Crippen molar-refractivity contribution in [2.24, 2.45) is 5.73 Å². The highest BCUT2D eigenvalue weighted by molar-refractivity contribution is 6.42. The van der Waals surface area contributed by atoms with E-state index in [0.29, 0.717) is 35.8 Å². The predicted octanol–water partition coefficient (Wildman–Crippen LogP) is 2.46. The normalized spacial score (nSPS) is 14.3. The van der Waals surface area contributed by atoms with Gasteiger partial charge in [-0.25, -0.2) is 0 Å². The van der Waals surface area contributed by atoms with Crippen LogP contribution < -0.4 is 5.73 Å². The van der Waals surface area contributed by atoms with Crippen molar-refractivity contribution in [1.82, 2.24) is 4.90 Å². The molecule has 0 saturated heterocycles. The lowest BCUT2D eigenvalue weighted by molar-refractivity contribution is -0.137. The van der Waals surface area contributed by atoms with Crippen LogP contribution in [0.15, 0.2) is 18.2 Å². The van der Waals surface area contributed by atoms with Crippen LogP contribution in [0.2, 0.25) is 10.0 Å². The van der Waals surface area contributed by atoms with Gasteiger partial charge in [0.15, 0.2) is 0 Å². The third-order valence-electron chi connectivity index (χ3n) is 3.13. The topological polar surface area (TPSA) is 55.6 Å². The van der Waals surface area contributed by atoms with Crippen LogP contribution in [0, 0.1) is 0 Å². The Bertz CT molecular complexity index is 478. The van der Waals surface area contributed by atoms with Crippen molar-refractivity contribution >= 4 is 29.1 Å². The lowest BCUT2D eigenvalue weighted by Gasteiger charge is -2.22. The molecule has 1 aromatic carbocycles. The number of hydrogen-bond acceptors (Lipinski definition) is 3. The molecule has 1 aliphatic carbocycles. The number of amides is 1. The van der Waals surface area contributed by atoms with Gasteiger partial charge in [0.2, 0.25) is 5.91 Å². The minimum atomic E-state index is -0.00739. The molecular formula is C14H18Cl2N2O2. The molecule has 0 aromatic heterocycles. The first kappa shape index (κ1) is 15.6. The zero-order chi connectivity index (χ0) is 14.5. The van der Waals surface area contributed by atoms with E-state index in [1.54, 1.807) is 12.1 Å². The van der Waals surface area contributed by atoms with Crippen LogP contribution in [0.25, 0.3) is 0 Å². The molecule has 6 heteroatoms. The van der Waals surface area contributed by atoms with Crippen molar-refractivity contribution in [2.45, 2.75) is 25.4 Å². The Kier molecular flexibility index (Phi) is 5.66. The summed E-state index contributed by atoms with van der Waals surface area (Å²) in [6, 6.07) is 5.75. The van der Waals surface area contributed by atoms with Gasteiger partial charge in [-0.3, -0.25) is 4.79 Å². The van der Waals surface area contributed by atoms with Gasteiger partial charge in [-0.2, -0.15) is 0 Å². The molecule has 0 heterocycles. The standard InChI is InChI=1S/C14H18Cl2N2O2/c15-12-4-1-10(7-13(12)16)8-18(11-2-3-11)14(19)9-20-6-5-17/h1,4,7,11H,2-3,5-6,8-9,17H2. The van der Waals surface area contributed by atoms with Crippen LogP contribution in [-0.2, 0) is 16.1 Å². The monoisotopic (exact) mass is 316 g/mol. The summed E-state index contributed by atoms with van der Waals surface area (Å²) in [5.41, 5.74) is 6.31. The summed E-state index contributed by atoms with van der Waals surface area (Å²) in [5, 5.41) is 1.03. The van der Waals surface area contributed by atoms with Crippen molar-refractivity contribution < 1.29 is 9.53 Å². The molecule has 1 saturated carbocycles. The Morgan fingerprint density at radius 2 is 2.10 bits per heavy atom. The van der Waals surface area contributed by atoms with Crippen molar-refractivity contribution in [2.75, 3.05) is 19.8 Å². The minimum absolute atomic E-state index is 0.00739. The molecular weight excluding hydrogens is 299 g/mol. The van der Waals surface area contributed by atoms with E-state index in [1.165, 1.54) is 0 Å². The summed E-state index contributed by atoms with van der Waals surface area (Å²) < 4.78 is 5.22. The molecule has 20 heavy (non-hydrogen) atoms. The first-order valence-electron chi connectivity index (χ1n) is 6.63. The summed E-state index contributed by atoms with van der Waals surface area (Å²) in [5.74, 6) is -0.00739. The summed E-state index contributed by atoms with van der Waals surface area (Å²) in [7, 11) is 0. The second kappa shape index (κ2) is 7.27. The third kappa shape index (κ3) is 4.35. The molecule has 0 aliphatic heterocycles. The van der Waals surface area contributed by atoms with Gasteiger partial charge in [0.1, 0.15) is 6.61 Å². The lowest BCUT2D eigenvalue weighted by Crippen LogP contribution is -2.35. The molecule has 0 radical (unpaired) electrons. The van der Waals surface area contributed by atoms with Crippen molar-refractivity contribution in [3.63, 3.8) is 0 Å². The van der Waals surface area contributed by atoms with E-state index in [0.717, 1.165) is 18.4 Å². The molecule has 110 valence electrons. The fraction of sp³-hybridized carbons (Fsp3) is 0.500. The van der Waals surface area contributed by atoms with Crippen LogP contribution >= 0.6 is 23.2 Å². The summed E-state index contributed by atoms with van der Waals surface area (Å²) >= 11 is 11.9. The molecule has 1 fully saturated rings. The fourth-order valence-corrected chi connectivity index (χ4v) is 2.29. The van der Waals surface area contributed by atoms with E-state index in [9.17, 15) is 4.79 Å². The van der Waals surface area contributed by atoms with Crippen LogP contribution in [0.1, 0.15) is 18.4 Å². The number of nitrogens with zero attached hydrogens (tertiary/aromatic N) is 1. The number of hydrogen-bond donors (Lipinski definition) is 1. The molecule has 0 bridgehead atoms. The van der Waals surface area contributed by atoms with E-state index < -0.39 is 0 Å². The molecule has 0 unspecified atom stereocenters. The van der Waals surface area contributed by atoms with Gasteiger partial charge < -0.3 is 15.4 Å². The number of carbonyl (C=O) groups excluding carboxylic acids is 1. The van der Waals surface area contributed by atoms with Crippen molar-refractivity contribution in [1.29, 1.82) is 0 Å². The molecule has 0 spiro atoms. The maximum Gasteiger partial charge on any atom is 0.249 e. The molecule has 1 aromatic rings. The van der Waals surface area contributed by atoms with Crippen molar-refractivity contribution in [3.8, 4) is 0 Å². The lowest BCUT2D eigenvalue weighted by atomic mass is 10.2. The smallest absolute Gasteiger partial charge is 0.249 e. The molecule has 4 nitrogen and oxygen atoms in total. The second-order valence-electron chi connectivity index (χ2n) is 4.84. The number of rotatable bonds is 7. The first-order valence-corrected chi connectivity index (χ1v) is 7.38. The van der Waals surface area contributed by atoms with Crippen LogP contribution in [-0.4, -0.2) is 36.6 Å². The van der Waals surface area contributed by atoms with E-state index >= 15 is 0 Å². The Hall–Kier alpha value is -0.810. The molecule has 1 aliphatic rings. The van der Waals surface area contributed by atoms with E-state index in [2.05, 4.69) is 0 Å². The second-order valence-corrected chi connectivity index (χ2v) is 5.66. The van der Waals surface area contributed by atoms with Crippen molar-refractivity contribution in [3.05, 3.63) is 33.8 Å². The fourth-order valence-electron chi connectivity index (χ4n) is 1.97. The Morgan fingerprint density at radius 1 is 1.35 bits per heavy atom. The maximum atomic E-state index is 12.2. The van der Waals surface area contributed by atoms with Gasteiger partial charge in [-0.1, -0.05) is 29.3 Å². The van der Waals surface area contributed by atoms with Gasteiger partial charge in [0.05, 0.1) is 16.7 Å². The molecule has 2 N–H and O–H groups in total. The number of halogens is 2. The molecule has 0 atom stereocenters. The summed E-state index contributed by atoms with van der Waals surface area (Å²) in [4.78, 5) is 14.0. The zero-order valence-electron chi connectivity index (χ0n) is 11.1. The highest BCUT2D eigenvalue weighted by Crippen LogP contribution is 2.30. The number of ether oxygens (including phenoxy) is 1. The summed E-state index contributed by atoms with van der Waals surface area (Å²) in [6.45, 7) is 1.43. The van der Waals surface area contributed by atoms with Gasteiger partial charge in [0, 0.05) is 19.1 Å². The van der Waals surface area contributed by atoms with Gasteiger partial charge in [-0.15, -0.1) is 0 Å². The maximum absolute atomic E-state index is 12.2. The van der Waals surface area contributed by atoms with E-state index in [1.807, 2.05) is 11.0 Å². The van der Waals surface area contributed by atoms with Gasteiger partial charge >= 0.3 is 0 Å². The zero-order valence-corrected chi connectivity index (χ0v) is 12.7. The first-order chi connectivity index (χ1) is 9.61. The van der Waals surface area contributed by atoms with E-state index in [4.69, 9.17) is 33.7 Å². The average Bonchev–Trinajstić information content (AvgIpc) is 3.24. The van der Waals surface area contributed by atoms with Crippen LogP contribution in [0.5, 0.6) is 0 Å². The quantitative estimate of drug-likeness (QED) is 0.786. The Balaban J connectivity index is 1.98. The molecule has 2 rings (SSSR count). The van der Waals surface area contributed by atoms with Gasteiger partial charge in [-0.05, 0) is 30.5 Å². The minimum Gasteiger partial charge on any atom is -0.370 e. The number of benzene rings is 1. The number of nitrogens with two attached hydrogens (primary N) is 1.